The molecular formula is C22H25N3O3S. The zero-order chi connectivity index (χ0) is 21.0. The molecule has 0 bridgehead atoms. The molecule has 2 aromatic rings. The number of nitrogens with one attached hydrogen (secondary N) is 1. The number of aryl methyl sites for hydroxylation is 2. The smallest absolute Gasteiger partial charge is 0.242 e. The first kappa shape index (κ1) is 20.9. The van der Waals surface area contributed by atoms with E-state index < -0.39 is 5.25 Å². The third-order valence-electron chi connectivity index (χ3n) is 4.80. The first-order chi connectivity index (χ1) is 13.9. The average molecular weight is 412 g/mol. The highest BCUT2D eigenvalue weighted by Crippen LogP contribution is 2.32. The monoisotopic (exact) mass is 411 g/mol. The largest absolute Gasteiger partial charge is 0.497 e. The van der Waals surface area contributed by atoms with Crippen LogP contribution in [0.2, 0.25) is 0 Å². The molecule has 7 heteroatoms. The number of amides is 2. The van der Waals surface area contributed by atoms with Gasteiger partial charge in [-0.15, -0.1) is 0 Å². The lowest BCUT2D eigenvalue weighted by Crippen LogP contribution is -2.33. The number of aliphatic imine (C=N–C) groups is 1. The van der Waals surface area contributed by atoms with Gasteiger partial charge < -0.3 is 10.1 Å². The van der Waals surface area contributed by atoms with E-state index in [1.54, 1.807) is 36.3 Å². The molecule has 1 unspecified atom stereocenters. The van der Waals surface area contributed by atoms with E-state index in [2.05, 4.69) is 17.2 Å². The minimum absolute atomic E-state index is 0.0787. The summed E-state index contributed by atoms with van der Waals surface area (Å²) in [6.07, 6.45) is 0.0952. The highest BCUT2D eigenvalue weighted by Gasteiger charge is 2.38. The van der Waals surface area contributed by atoms with E-state index in [4.69, 9.17) is 4.74 Å². The number of benzene rings is 2. The van der Waals surface area contributed by atoms with Crippen LogP contribution in [0.3, 0.4) is 0 Å². The third-order valence-corrected chi connectivity index (χ3v) is 5.97. The van der Waals surface area contributed by atoms with Crippen molar-refractivity contribution in [3.63, 3.8) is 0 Å². The van der Waals surface area contributed by atoms with Gasteiger partial charge in [0.15, 0.2) is 5.17 Å². The van der Waals surface area contributed by atoms with Crippen LogP contribution in [0.25, 0.3) is 0 Å². The van der Waals surface area contributed by atoms with Crippen LogP contribution in [0.15, 0.2) is 47.5 Å². The van der Waals surface area contributed by atoms with E-state index in [-0.39, 0.29) is 18.2 Å². The minimum atomic E-state index is -0.474. The summed E-state index contributed by atoms with van der Waals surface area (Å²) in [5.74, 6) is 0.435. The van der Waals surface area contributed by atoms with Crippen molar-refractivity contribution in [1.29, 1.82) is 0 Å². The Morgan fingerprint density at radius 3 is 2.52 bits per heavy atom. The van der Waals surface area contributed by atoms with Gasteiger partial charge in [0.1, 0.15) is 11.0 Å². The Hall–Kier alpha value is -2.80. The second-order valence-electron chi connectivity index (χ2n) is 6.83. The van der Waals surface area contributed by atoms with E-state index in [1.165, 1.54) is 17.3 Å². The fourth-order valence-corrected chi connectivity index (χ4v) is 4.20. The highest BCUT2D eigenvalue weighted by molar-refractivity contribution is 8.15. The van der Waals surface area contributed by atoms with Gasteiger partial charge in [0.05, 0.1) is 12.8 Å². The summed E-state index contributed by atoms with van der Waals surface area (Å²) < 4.78 is 5.12. The van der Waals surface area contributed by atoms with Crippen molar-refractivity contribution in [3.05, 3.63) is 53.6 Å². The molecule has 1 heterocycles. The van der Waals surface area contributed by atoms with Gasteiger partial charge in [-0.25, -0.2) is 4.99 Å². The number of rotatable bonds is 6. The van der Waals surface area contributed by atoms with Crippen LogP contribution in [0.1, 0.15) is 24.5 Å². The second-order valence-corrected chi connectivity index (χ2v) is 8.00. The van der Waals surface area contributed by atoms with E-state index in [0.717, 1.165) is 17.0 Å². The molecule has 6 nitrogen and oxygen atoms in total. The van der Waals surface area contributed by atoms with Gasteiger partial charge in [-0.1, -0.05) is 17.8 Å². The molecule has 152 valence electrons. The molecule has 1 N–H and O–H groups in total. The van der Waals surface area contributed by atoms with Crippen molar-refractivity contribution >= 4 is 40.1 Å². The Bertz CT molecular complexity index is 941. The lowest BCUT2D eigenvalue weighted by atomic mass is 10.1. The summed E-state index contributed by atoms with van der Waals surface area (Å²) in [5.41, 5.74) is 3.83. The van der Waals surface area contributed by atoms with Gasteiger partial charge in [0.2, 0.25) is 11.8 Å². The number of anilines is 1. The molecule has 0 aromatic heterocycles. The van der Waals surface area contributed by atoms with Crippen LogP contribution < -0.4 is 10.1 Å². The van der Waals surface area contributed by atoms with Gasteiger partial charge in [0.25, 0.3) is 0 Å². The van der Waals surface area contributed by atoms with Crippen molar-refractivity contribution in [2.75, 3.05) is 19.0 Å². The first-order valence-corrected chi connectivity index (χ1v) is 10.4. The maximum Gasteiger partial charge on any atom is 0.242 e. The molecule has 1 saturated heterocycles. The predicted octanol–water partition coefficient (Wildman–Crippen LogP) is 4.29. The number of hydrogen-bond donors (Lipinski definition) is 1. The number of thioether (sulfide) groups is 1. The summed E-state index contributed by atoms with van der Waals surface area (Å²) in [6, 6.07) is 13.1. The van der Waals surface area contributed by atoms with E-state index in [1.807, 2.05) is 32.0 Å². The van der Waals surface area contributed by atoms with Crippen LogP contribution in [0.5, 0.6) is 5.75 Å². The molecule has 2 amide bonds. The van der Waals surface area contributed by atoms with Crippen molar-refractivity contribution < 1.29 is 14.3 Å². The molecule has 2 aromatic carbocycles. The Morgan fingerprint density at radius 1 is 1.17 bits per heavy atom. The minimum Gasteiger partial charge on any atom is -0.497 e. The Labute approximate surface area is 175 Å². The number of hydrogen-bond acceptors (Lipinski definition) is 5. The Balaban J connectivity index is 1.69. The van der Waals surface area contributed by atoms with Gasteiger partial charge in [0, 0.05) is 18.7 Å². The number of carbonyl (C=O) groups excluding carboxylic acids is 2. The summed E-state index contributed by atoms with van der Waals surface area (Å²) in [5, 5.41) is 3.00. The molecule has 1 aliphatic heterocycles. The molecule has 0 radical (unpaired) electrons. The summed E-state index contributed by atoms with van der Waals surface area (Å²) in [7, 11) is 1.59. The molecule has 3 rings (SSSR count). The topological polar surface area (TPSA) is 71.0 Å². The quantitative estimate of drug-likeness (QED) is 0.770. The van der Waals surface area contributed by atoms with Crippen molar-refractivity contribution in [3.8, 4) is 5.75 Å². The lowest BCUT2D eigenvalue weighted by Gasteiger charge is -2.13. The van der Waals surface area contributed by atoms with Crippen molar-refractivity contribution in [1.82, 2.24) is 4.90 Å². The molecule has 0 saturated carbocycles. The standard InChI is InChI=1S/C22H25N3O3S/c1-5-25-21(27)19(13-20(26)23-16-8-10-18(28-4)11-9-16)29-22(25)24-17-7-6-14(2)15(3)12-17/h6-12,19H,5,13H2,1-4H3,(H,23,26). The SMILES string of the molecule is CCN1C(=O)C(CC(=O)Nc2ccc(OC)cc2)SC1=Nc1ccc(C)c(C)c1. The van der Waals surface area contributed by atoms with Gasteiger partial charge in [-0.2, -0.15) is 0 Å². The molecule has 1 atom stereocenters. The first-order valence-electron chi connectivity index (χ1n) is 9.49. The van der Waals surface area contributed by atoms with Gasteiger partial charge in [-0.05, 0) is 68.3 Å². The number of nitrogens with zero attached hydrogens (tertiary/aromatic N) is 2. The average Bonchev–Trinajstić information content (AvgIpc) is 2.99. The predicted molar refractivity (Wildman–Crippen MR) is 118 cm³/mol. The second kappa shape index (κ2) is 9.13. The normalized spacial score (nSPS) is 17.7. The van der Waals surface area contributed by atoms with Crippen LogP contribution >= 0.6 is 11.8 Å². The number of ether oxygens (including phenoxy) is 1. The van der Waals surface area contributed by atoms with Crippen LogP contribution in [0, 0.1) is 13.8 Å². The van der Waals surface area contributed by atoms with E-state index in [0.29, 0.717) is 17.4 Å². The third kappa shape index (κ3) is 4.98. The van der Waals surface area contributed by atoms with Crippen LogP contribution in [0.4, 0.5) is 11.4 Å². The molecule has 1 fully saturated rings. The lowest BCUT2D eigenvalue weighted by molar-refractivity contribution is -0.128. The fraction of sp³-hybridized carbons (Fsp3) is 0.318. The summed E-state index contributed by atoms with van der Waals surface area (Å²) in [6.45, 7) is 6.52. The van der Waals surface area contributed by atoms with E-state index in [9.17, 15) is 9.59 Å². The Kier molecular flexibility index (Phi) is 6.59. The Morgan fingerprint density at radius 2 is 1.90 bits per heavy atom. The van der Waals surface area contributed by atoms with Crippen LogP contribution in [-0.2, 0) is 9.59 Å². The molecule has 0 aliphatic carbocycles. The number of carbonyl (C=O) groups is 2. The maximum absolute atomic E-state index is 12.8. The van der Waals surface area contributed by atoms with Crippen molar-refractivity contribution in [2.24, 2.45) is 4.99 Å². The number of amidine groups is 1. The van der Waals surface area contributed by atoms with Crippen LogP contribution in [-0.4, -0.2) is 40.8 Å². The fourth-order valence-electron chi connectivity index (χ4n) is 2.98. The molecular weight excluding hydrogens is 386 g/mol. The van der Waals surface area contributed by atoms with Gasteiger partial charge >= 0.3 is 0 Å². The maximum atomic E-state index is 12.8. The number of methoxy groups -OCH3 is 1. The van der Waals surface area contributed by atoms with E-state index >= 15 is 0 Å². The zero-order valence-electron chi connectivity index (χ0n) is 17.1. The zero-order valence-corrected chi connectivity index (χ0v) is 17.9. The summed E-state index contributed by atoms with van der Waals surface area (Å²) >= 11 is 1.35. The highest BCUT2D eigenvalue weighted by atomic mass is 32.2. The summed E-state index contributed by atoms with van der Waals surface area (Å²) in [4.78, 5) is 31.5. The molecule has 29 heavy (non-hydrogen) atoms. The molecule has 0 spiro atoms. The van der Waals surface area contributed by atoms with Gasteiger partial charge in [-0.3, -0.25) is 14.5 Å². The van der Waals surface area contributed by atoms with Crippen molar-refractivity contribution in [2.45, 2.75) is 32.4 Å². The molecule has 1 aliphatic rings.